The minimum absolute atomic E-state index is 0. The molecule has 1 saturated carbocycles. The van der Waals surface area contributed by atoms with Gasteiger partial charge in [0.2, 0.25) is 0 Å². The Morgan fingerprint density at radius 1 is 1.29 bits per heavy atom. The topological polar surface area (TPSA) is 58.8 Å². The Kier molecular flexibility index (Phi) is 9.12. The summed E-state index contributed by atoms with van der Waals surface area (Å²) in [4.78, 5) is 4.34. The second-order valence-corrected chi connectivity index (χ2v) is 6.67. The molecule has 138 valence electrons. The number of nitrogens with zero attached hydrogens (tertiary/aromatic N) is 1. The quantitative estimate of drug-likeness (QED) is 0.378. The van der Waals surface area contributed by atoms with E-state index in [-0.39, 0.29) is 24.0 Å². The summed E-state index contributed by atoms with van der Waals surface area (Å²) >= 11 is 0. The number of furan rings is 1. The van der Waals surface area contributed by atoms with Crippen LogP contribution in [0.5, 0.6) is 0 Å². The van der Waals surface area contributed by atoms with E-state index in [0.717, 1.165) is 43.6 Å². The molecule has 1 aromatic heterocycles. The normalized spacial score (nSPS) is 16.8. The van der Waals surface area contributed by atoms with Gasteiger partial charge in [0.1, 0.15) is 11.5 Å². The zero-order valence-corrected chi connectivity index (χ0v) is 17.7. The van der Waals surface area contributed by atoms with Gasteiger partial charge in [0.05, 0.1) is 0 Å². The van der Waals surface area contributed by atoms with Crippen molar-refractivity contribution >= 4 is 29.9 Å². The van der Waals surface area contributed by atoms with Gasteiger partial charge in [0, 0.05) is 39.4 Å². The molecule has 1 aliphatic rings. The van der Waals surface area contributed by atoms with Crippen molar-refractivity contribution in [3.05, 3.63) is 23.2 Å². The van der Waals surface area contributed by atoms with E-state index in [1.807, 2.05) is 20.9 Å². The predicted molar refractivity (Wildman–Crippen MR) is 109 cm³/mol. The molecule has 0 amide bonds. The Balaban J connectivity index is 0.00000288. The van der Waals surface area contributed by atoms with Crippen molar-refractivity contribution in [2.24, 2.45) is 10.4 Å². The summed E-state index contributed by atoms with van der Waals surface area (Å²) in [5.74, 6) is 2.77. The fourth-order valence-electron chi connectivity index (χ4n) is 3.49. The fourth-order valence-corrected chi connectivity index (χ4v) is 3.49. The smallest absolute Gasteiger partial charge is 0.191 e. The van der Waals surface area contributed by atoms with E-state index in [1.165, 1.54) is 31.2 Å². The lowest BCUT2D eigenvalue weighted by molar-refractivity contribution is 0.138. The molecule has 0 radical (unpaired) electrons. The highest BCUT2D eigenvalue weighted by atomic mass is 127. The highest BCUT2D eigenvalue weighted by Gasteiger charge is 2.33. The van der Waals surface area contributed by atoms with Gasteiger partial charge in [-0.2, -0.15) is 0 Å². The first-order valence-electron chi connectivity index (χ1n) is 8.58. The Hall–Kier alpha value is -0.760. The zero-order chi connectivity index (χ0) is 16.7. The van der Waals surface area contributed by atoms with Crippen LogP contribution in [0.4, 0.5) is 0 Å². The second-order valence-electron chi connectivity index (χ2n) is 6.67. The highest BCUT2D eigenvalue weighted by Crippen LogP contribution is 2.40. The number of nitrogens with one attached hydrogen (secondary N) is 2. The molecule has 0 unspecified atom stereocenters. The molecule has 5 nitrogen and oxygen atoms in total. The molecule has 0 bridgehead atoms. The van der Waals surface area contributed by atoms with Gasteiger partial charge < -0.3 is 19.8 Å². The molecule has 1 heterocycles. The molecule has 0 spiro atoms. The van der Waals surface area contributed by atoms with E-state index in [4.69, 9.17) is 9.15 Å². The van der Waals surface area contributed by atoms with Crippen LogP contribution in [0.25, 0.3) is 0 Å². The Labute approximate surface area is 163 Å². The third kappa shape index (κ3) is 5.95. The fraction of sp³-hybridized carbons (Fsp3) is 0.722. The van der Waals surface area contributed by atoms with Crippen LogP contribution in [-0.4, -0.2) is 33.3 Å². The molecule has 24 heavy (non-hydrogen) atoms. The van der Waals surface area contributed by atoms with Gasteiger partial charge in [0.15, 0.2) is 5.96 Å². The number of rotatable bonds is 7. The van der Waals surface area contributed by atoms with Crippen LogP contribution in [0, 0.1) is 19.3 Å². The molecule has 0 aliphatic heterocycles. The van der Waals surface area contributed by atoms with E-state index in [2.05, 4.69) is 21.7 Å². The summed E-state index contributed by atoms with van der Waals surface area (Å²) in [6.45, 7) is 6.50. The van der Waals surface area contributed by atoms with Crippen LogP contribution < -0.4 is 10.6 Å². The Morgan fingerprint density at radius 2 is 2.00 bits per heavy atom. The molecular formula is C18H32IN3O2. The number of aliphatic imine (C=N–C) groups is 1. The van der Waals surface area contributed by atoms with E-state index in [9.17, 15) is 0 Å². The molecule has 0 atom stereocenters. The lowest BCUT2D eigenvalue weighted by Gasteiger charge is -2.29. The standard InChI is InChI=1S/C18H31N3O2.HI/c1-14-11-16(15(2)23-14)12-20-17(19-3)21-13-18(9-10-22-4)7-5-6-8-18;/h11H,5-10,12-13H2,1-4H3,(H2,19,20,21);1H. The SMILES string of the molecule is CN=C(NCc1cc(C)oc1C)NCC1(CCOC)CCCC1.I. The van der Waals surface area contributed by atoms with E-state index >= 15 is 0 Å². The summed E-state index contributed by atoms with van der Waals surface area (Å²) in [6, 6.07) is 2.08. The highest BCUT2D eigenvalue weighted by molar-refractivity contribution is 14.0. The van der Waals surface area contributed by atoms with Gasteiger partial charge in [0.25, 0.3) is 0 Å². The molecule has 0 aromatic carbocycles. The summed E-state index contributed by atoms with van der Waals surface area (Å²) in [7, 11) is 3.60. The number of aryl methyl sites for hydroxylation is 2. The number of halogens is 1. The van der Waals surface area contributed by atoms with Crippen molar-refractivity contribution in [2.45, 2.75) is 52.5 Å². The van der Waals surface area contributed by atoms with Gasteiger partial charge >= 0.3 is 0 Å². The number of hydrogen-bond acceptors (Lipinski definition) is 3. The molecule has 2 N–H and O–H groups in total. The van der Waals surface area contributed by atoms with Gasteiger partial charge in [-0.25, -0.2) is 0 Å². The first-order valence-corrected chi connectivity index (χ1v) is 8.58. The molecule has 1 fully saturated rings. The largest absolute Gasteiger partial charge is 0.466 e. The molecule has 2 rings (SSSR count). The lowest BCUT2D eigenvalue weighted by atomic mass is 9.83. The van der Waals surface area contributed by atoms with Gasteiger partial charge in [-0.15, -0.1) is 24.0 Å². The summed E-state index contributed by atoms with van der Waals surface area (Å²) in [5, 5.41) is 6.90. The van der Waals surface area contributed by atoms with Crippen molar-refractivity contribution in [3.8, 4) is 0 Å². The number of methoxy groups -OCH3 is 1. The summed E-state index contributed by atoms with van der Waals surface area (Å²) in [5.41, 5.74) is 1.54. The van der Waals surface area contributed by atoms with Gasteiger partial charge in [-0.05, 0) is 44.6 Å². The third-order valence-electron chi connectivity index (χ3n) is 4.95. The summed E-state index contributed by atoms with van der Waals surface area (Å²) < 4.78 is 10.9. The first kappa shape index (κ1) is 21.3. The molecule has 6 heteroatoms. The van der Waals surface area contributed by atoms with Crippen LogP contribution >= 0.6 is 24.0 Å². The van der Waals surface area contributed by atoms with Crippen LogP contribution in [0.3, 0.4) is 0 Å². The first-order chi connectivity index (χ1) is 11.1. The van der Waals surface area contributed by atoms with Gasteiger partial charge in [-0.1, -0.05) is 12.8 Å². The molecule has 0 saturated heterocycles. The third-order valence-corrected chi connectivity index (χ3v) is 4.95. The van der Waals surface area contributed by atoms with Crippen LogP contribution in [0.15, 0.2) is 15.5 Å². The average Bonchev–Trinajstić information content (AvgIpc) is 3.13. The summed E-state index contributed by atoms with van der Waals surface area (Å²) in [6.07, 6.45) is 6.32. The van der Waals surface area contributed by atoms with E-state index in [0.29, 0.717) is 5.41 Å². The van der Waals surface area contributed by atoms with Gasteiger partial charge in [-0.3, -0.25) is 4.99 Å². The number of ether oxygens (including phenoxy) is 1. The van der Waals surface area contributed by atoms with E-state index in [1.54, 1.807) is 7.11 Å². The second kappa shape index (κ2) is 10.3. The Morgan fingerprint density at radius 3 is 2.54 bits per heavy atom. The lowest BCUT2D eigenvalue weighted by Crippen LogP contribution is -2.43. The number of hydrogen-bond donors (Lipinski definition) is 2. The minimum Gasteiger partial charge on any atom is -0.466 e. The van der Waals surface area contributed by atoms with Crippen molar-refractivity contribution < 1.29 is 9.15 Å². The molecule has 1 aromatic rings. The number of guanidine groups is 1. The van der Waals surface area contributed by atoms with Crippen molar-refractivity contribution in [3.63, 3.8) is 0 Å². The predicted octanol–water partition coefficient (Wildman–Crippen LogP) is 3.78. The average molecular weight is 449 g/mol. The monoisotopic (exact) mass is 449 g/mol. The van der Waals surface area contributed by atoms with Crippen molar-refractivity contribution in [2.75, 3.05) is 27.3 Å². The Bertz CT molecular complexity index is 522. The van der Waals surface area contributed by atoms with Crippen LogP contribution in [0.2, 0.25) is 0 Å². The molecular weight excluding hydrogens is 417 g/mol. The van der Waals surface area contributed by atoms with Crippen molar-refractivity contribution in [1.82, 2.24) is 10.6 Å². The minimum atomic E-state index is 0. The van der Waals surface area contributed by atoms with Crippen molar-refractivity contribution in [1.29, 1.82) is 0 Å². The van der Waals surface area contributed by atoms with Crippen LogP contribution in [-0.2, 0) is 11.3 Å². The van der Waals surface area contributed by atoms with Crippen LogP contribution in [0.1, 0.15) is 49.2 Å². The maximum absolute atomic E-state index is 5.57. The maximum atomic E-state index is 5.57. The zero-order valence-electron chi connectivity index (χ0n) is 15.4. The maximum Gasteiger partial charge on any atom is 0.191 e. The molecule has 1 aliphatic carbocycles. The van der Waals surface area contributed by atoms with E-state index < -0.39 is 0 Å².